The summed E-state index contributed by atoms with van der Waals surface area (Å²) in [5, 5.41) is 3.95. The molecule has 1 heterocycles. The minimum absolute atomic E-state index is 0.128. The molecular weight excluding hydrogens is 260 g/mol. The number of amides is 1. The largest absolute Gasteiger partial charge is 0.350 e. The number of pyridine rings is 1. The molecule has 104 valence electrons. The smallest absolute Gasteiger partial charge is 0.269 e. The zero-order chi connectivity index (χ0) is 14.5. The first-order valence-electron chi connectivity index (χ1n) is 7.01. The Balaban J connectivity index is 1.64. The predicted octanol–water partition coefficient (Wildman–Crippen LogP) is 3.21. The number of hydrogen-bond acceptors (Lipinski definition) is 2. The highest BCUT2D eigenvalue weighted by Crippen LogP contribution is 2.11. The normalized spacial score (nSPS) is 10.5. The SMILES string of the molecule is O=C(NCCc1ccccc1)c1ccc2ccccc2n1. The van der Waals surface area contributed by atoms with Crippen molar-refractivity contribution in [3.05, 3.63) is 78.0 Å². The van der Waals surface area contributed by atoms with E-state index in [2.05, 4.69) is 22.4 Å². The van der Waals surface area contributed by atoms with E-state index >= 15 is 0 Å². The van der Waals surface area contributed by atoms with E-state index in [0.717, 1.165) is 17.3 Å². The fourth-order valence-electron chi connectivity index (χ4n) is 2.25. The molecule has 0 saturated carbocycles. The zero-order valence-corrected chi connectivity index (χ0v) is 11.6. The lowest BCUT2D eigenvalue weighted by Crippen LogP contribution is -2.26. The molecule has 0 aliphatic heterocycles. The Bertz CT molecular complexity index is 753. The molecule has 0 aliphatic carbocycles. The quantitative estimate of drug-likeness (QED) is 0.795. The van der Waals surface area contributed by atoms with Gasteiger partial charge in [-0.2, -0.15) is 0 Å². The third kappa shape index (κ3) is 3.26. The molecule has 0 spiro atoms. The molecule has 1 N–H and O–H groups in total. The van der Waals surface area contributed by atoms with Crippen LogP contribution in [0.2, 0.25) is 0 Å². The van der Waals surface area contributed by atoms with Gasteiger partial charge in [-0.05, 0) is 24.1 Å². The van der Waals surface area contributed by atoms with E-state index in [1.807, 2.05) is 48.5 Å². The van der Waals surface area contributed by atoms with Crippen molar-refractivity contribution in [1.82, 2.24) is 10.3 Å². The number of nitrogens with one attached hydrogen (secondary N) is 1. The third-order valence-corrected chi connectivity index (χ3v) is 3.37. The number of nitrogens with zero attached hydrogens (tertiary/aromatic N) is 1. The molecular formula is C18H16N2O. The van der Waals surface area contributed by atoms with Gasteiger partial charge in [0.2, 0.25) is 0 Å². The van der Waals surface area contributed by atoms with Crippen molar-refractivity contribution >= 4 is 16.8 Å². The number of carbonyl (C=O) groups excluding carboxylic acids is 1. The van der Waals surface area contributed by atoms with E-state index in [-0.39, 0.29) is 5.91 Å². The van der Waals surface area contributed by atoms with Gasteiger partial charge in [-0.3, -0.25) is 4.79 Å². The standard InChI is InChI=1S/C18H16N2O/c21-18(19-13-12-14-6-2-1-3-7-14)17-11-10-15-8-4-5-9-16(15)20-17/h1-11H,12-13H2,(H,19,21). The summed E-state index contributed by atoms with van der Waals surface area (Å²) in [5.41, 5.74) is 2.51. The van der Waals surface area contributed by atoms with Crippen molar-refractivity contribution in [2.75, 3.05) is 6.54 Å². The maximum absolute atomic E-state index is 12.1. The van der Waals surface area contributed by atoms with Crippen LogP contribution in [-0.4, -0.2) is 17.4 Å². The molecule has 1 aromatic heterocycles. The molecule has 3 rings (SSSR count). The van der Waals surface area contributed by atoms with Gasteiger partial charge in [-0.1, -0.05) is 54.6 Å². The first-order chi connectivity index (χ1) is 10.3. The summed E-state index contributed by atoms with van der Waals surface area (Å²) in [6.07, 6.45) is 0.820. The summed E-state index contributed by atoms with van der Waals surface area (Å²) >= 11 is 0. The maximum atomic E-state index is 12.1. The van der Waals surface area contributed by atoms with Gasteiger partial charge in [0.25, 0.3) is 5.91 Å². The number of benzene rings is 2. The maximum Gasteiger partial charge on any atom is 0.269 e. The van der Waals surface area contributed by atoms with E-state index < -0.39 is 0 Å². The summed E-state index contributed by atoms with van der Waals surface area (Å²) in [4.78, 5) is 16.5. The van der Waals surface area contributed by atoms with E-state index in [4.69, 9.17) is 0 Å². The van der Waals surface area contributed by atoms with Crippen LogP contribution in [0.5, 0.6) is 0 Å². The fourth-order valence-corrected chi connectivity index (χ4v) is 2.25. The van der Waals surface area contributed by atoms with Crippen LogP contribution in [0.4, 0.5) is 0 Å². The van der Waals surface area contributed by atoms with Gasteiger partial charge in [-0.25, -0.2) is 4.98 Å². The fraction of sp³-hybridized carbons (Fsp3) is 0.111. The second-order valence-electron chi connectivity index (χ2n) is 4.88. The van der Waals surface area contributed by atoms with E-state index in [9.17, 15) is 4.79 Å². The summed E-state index contributed by atoms with van der Waals surface area (Å²) in [6, 6.07) is 21.6. The molecule has 0 aliphatic rings. The molecule has 2 aromatic carbocycles. The number of aromatic nitrogens is 1. The highest BCUT2D eigenvalue weighted by atomic mass is 16.1. The van der Waals surface area contributed by atoms with Gasteiger partial charge in [0.1, 0.15) is 5.69 Å². The number of para-hydroxylation sites is 1. The molecule has 0 bridgehead atoms. The van der Waals surface area contributed by atoms with Crippen LogP contribution in [0.3, 0.4) is 0 Å². The number of carbonyl (C=O) groups is 1. The first-order valence-corrected chi connectivity index (χ1v) is 7.01. The Kier molecular flexibility index (Phi) is 3.92. The molecule has 0 unspecified atom stereocenters. The Hall–Kier alpha value is -2.68. The van der Waals surface area contributed by atoms with Crippen LogP contribution < -0.4 is 5.32 Å². The van der Waals surface area contributed by atoms with Crippen molar-refractivity contribution < 1.29 is 4.79 Å². The van der Waals surface area contributed by atoms with Crippen LogP contribution in [0.15, 0.2) is 66.7 Å². The third-order valence-electron chi connectivity index (χ3n) is 3.37. The number of rotatable bonds is 4. The molecule has 3 aromatic rings. The lowest BCUT2D eigenvalue weighted by molar-refractivity contribution is 0.0949. The topological polar surface area (TPSA) is 42.0 Å². The molecule has 0 atom stereocenters. The molecule has 3 heteroatoms. The summed E-state index contributed by atoms with van der Waals surface area (Å²) < 4.78 is 0. The van der Waals surface area contributed by atoms with Gasteiger partial charge in [-0.15, -0.1) is 0 Å². The lowest BCUT2D eigenvalue weighted by Gasteiger charge is -2.06. The lowest BCUT2D eigenvalue weighted by atomic mass is 10.1. The van der Waals surface area contributed by atoms with Gasteiger partial charge in [0, 0.05) is 11.9 Å². The van der Waals surface area contributed by atoms with E-state index in [1.54, 1.807) is 6.07 Å². The molecule has 0 fully saturated rings. The van der Waals surface area contributed by atoms with Crippen molar-refractivity contribution in [3.63, 3.8) is 0 Å². The monoisotopic (exact) mass is 276 g/mol. The second-order valence-corrected chi connectivity index (χ2v) is 4.88. The van der Waals surface area contributed by atoms with Crippen LogP contribution >= 0.6 is 0 Å². The second kappa shape index (κ2) is 6.18. The number of hydrogen-bond donors (Lipinski definition) is 1. The molecule has 0 radical (unpaired) electrons. The van der Waals surface area contributed by atoms with Crippen molar-refractivity contribution in [3.8, 4) is 0 Å². The van der Waals surface area contributed by atoms with Crippen molar-refractivity contribution in [2.45, 2.75) is 6.42 Å². The zero-order valence-electron chi connectivity index (χ0n) is 11.6. The molecule has 1 amide bonds. The Morgan fingerprint density at radius 2 is 1.67 bits per heavy atom. The number of fused-ring (bicyclic) bond motifs is 1. The van der Waals surface area contributed by atoms with Crippen LogP contribution in [0, 0.1) is 0 Å². The highest BCUT2D eigenvalue weighted by Gasteiger charge is 2.07. The van der Waals surface area contributed by atoms with Crippen LogP contribution in [-0.2, 0) is 6.42 Å². The minimum atomic E-state index is -0.128. The summed E-state index contributed by atoms with van der Waals surface area (Å²) in [7, 11) is 0. The molecule has 0 saturated heterocycles. The Morgan fingerprint density at radius 1 is 0.905 bits per heavy atom. The Labute approximate surface area is 123 Å². The predicted molar refractivity (Wildman–Crippen MR) is 84.2 cm³/mol. The average Bonchev–Trinajstić information content (AvgIpc) is 2.55. The van der Waals surface area contributed by atoms with E-state index in [0.29, 0.717) is 12.2 Å². The molecule has 21 heavy (non-hydrogen) atoms. The van der Waals surface area contributed by atoms with Gasteiger partial charge < -0.3 is 5.32 Å². The Morgan fingerprint density at radius 3 is 2.52 bits per heavy atom. The van der Waals surface area contributed by atoms with Crippen LogP contribution in [0.1, 0.15) is 16.1 Å². The van der Waals surface area contributed by atoms with Crippen LogP contribution in [0.25, 0.3) is 10.9 Å². The summed E-state index contributed by atoms with van der Waals surface area (Å²) in [5.74, 6) is -0.128. The minimum Gasteiger partial charge on any atom is -0.350 e. The van der Waals surface area contributed by atoms with Gasteiger partial charge >= 0.3 is 0 Å². The van der Waals surface area contributed by atoms with Crippen molar-refractivity contribution in [1.29, 1.82) is 0 Å². The average molecular weight is 276 g/mol. The molecule has 3 nitrogen and oxygen atoms in total. The highest BCUT2D eigenvalue weighted by molar-refractivity contribution is 5.94. The first kappa shape index (κ1) is 13.3. The van der Waals surface area contributed by atoms with Crippen molar-refractivity contribution in [2.24, 2.45) is 0 Å². The summed E-state index contributed by atoms with van der Waals surface area (Å²) in [6.45, 7) is 0.608. The van der Waals surface area contributed by atoms with Gasteiger partial charge in [0.05, 0.1) is 5.52 Å². The van der Waals surface area contributed by atoms with E-state index in [1.165, 1.54) is 5.56 Å². The van der Waals surface area contributed by atoms with Gasteiger partial charge in [0.15, 0.2) is 0 Å².